The zero-order chi connectivity index (χ0) is 23.4. The third-order valence-corrected chi connectivity index (χ3v) is 5.42. The number of H-pyrrole nitrogens is 1. The third-order valence-electron chi connectivity index (χ3n) is 5.42. The van der Waals surface area contributed by atoms with Gasteiger partial charge in [-0.3, -0.25) is 9.79 Å². The number of carbonyl (C=O) groups excluding carboxylic acids is 1. The molecule has 2 aromatic heterocycles. The van der Waals surface area contributed by atoms with Crippen LogP contribution in [0, 0.1) is 6.92 Å². The number of aliphatic imine (C=N–C) groups is 1. The van der Waals surface area contributed by atoms with Gasteiger partial charge >= 0.3 is 0 Å². The van der Waals surface area contributed by atoms with Gasteiger partial charge in [-0.2, -0.15) is 0 Å². The summed E-state index contributed by atoms with van der Waals surface area (Å²) in [6.45, 7) is 4.53. The molecule has 2 N–H and O–H groups in total. The number of carbonyl (C=O) groups is 1. The number of aromatic nitrogens is 4. The minimum atomic E-state index is -0.407. The first-order valence-electron chi connectivity index (χ1n) is 10.7. The smallest absolute Gasteiger partial charge is 0.251 e. The zero-order valence-electron chi connectivity index (χ0n) is 18.8. The molecule has 33 heavy (non-hydrogen) atoms. The molecule has 170 valence electrons. The minimum absolute atomic E-state index is 0.136. The van der Waals surface area contributed by atoms with Crippen molar-refractivity contribution in [2.24, 2.45) is 4.99 Å². The molecule has 0 bridgehead atoms. The Kier molecular flexibility index (Phi) is 6.39. The van der Waals surface area contributed by atoms with E-state index in [1.165, 1.54) is 0 Å². The van der Waals surface area contributed by atoms with E-state index in [0.717, 1.165) is 22.2 Å². The van der Waals surface area contributed by atoms with E-state index in [0.29, 0.717) is 36.5 Å². The number of amides is 1. The van der Waals surface area contributed by atoms with Crippen LogP contribution >= 0.6 is 0 Å². The maximum absolute atomic E-state index is 12.7. The van der Waals surface area contributed by atoms with Gasteiger partial charge in [0.05, 0.1) is 18.5 Å². The Morgan fingerprint density at radius 3 is 2.76 bits per heavy atom. The number of nitrogens with zero attached hydrogens (tertiary/aromatic N) is 4. The lowest BCUT2D eigenvalue weighted by molar-refractivity contribution is -0.213. The molecule has 2 heterocycles. The number of aromatic amines is 1. The minimum Gasteiger partial charge on any atom is -0.857 e. The number of ether oxygens (including phenoxy) is 1. The predicted octanol–water partition coefficient (Wildman–Crippen LogP) is 2.16. The molecule has 0 saturated heterocycles. The Hall–Kier alpha value is -4.14. The molecule has 0 fully saturated rings. The van der Waals surface area contributed by atoms with E-state index in [4.69, 9.17) is 4.74 Å². The molecular weight excluding hydrogens is 420 g/mol. The van der Waals surface area contributed by atoms with E-state index in [1.807, 2.05) is 31.3 Å². The van der Waals surface area contributed by atoms with Crippen LogP contribution in [0.4, 0.5) is 0 Å². The summed E-state index contributed by atoms with van der Waals surface area (Å²) in [4.78, 5) is 19.3. The van der Waals surface area contributed by atoms with Crippen LogP contribution in [0.2, 0.25) is 0 Å². The predicted molar refractivity (Wildman–Crippen MR) is 124 cm³/mol. The van der Waals surface area contributed by atoms with Crippen molar-refractivity contribution in [3.05, 3.63) is 71.2 Å². The van der Waals surface area contributed by atoms with Crippen molar-refractivity contribution in [3.8, 4) is 11.4 Å². The fourth-order valence-corrected chi connectivity index (χ4v) is 3.63. The summed E-state index contributed by atoms with van der Waals surface area (Å²) < 4.78 is 6.87. The van der Waals surface area contributed by atoms with Crippen molar-refractivity contribution in [2.75, 3.05) is 20.2 Å². The van der Waals surface area contributed by atoms with Crippen LogP contribution < -0.4 is 15.2 Å². The van der Waals surface area contributed by atoms with Crippen molar-refractivity contribution in [2.45, 2.75) is 20.3 Å². The molecule has 0 saturated carbocycles. The maximum Gasteiger partial charge on any atom is 0.251 e. The number of hydrogen-bond acceptors (Lipinski definition) is 6. The lowest BCUT2D eigenvalue weighted by atomic mass is 10.1. The SMILES string of the molecule is CCNC(=O)c1ccc(-n2nnc(C([O-])=NCCc3c[nH]c4ccc(OC)cc34)c2C)cc1. The molecule has 9 nitrogen and oxygen atoms in total. The Labute approximate surface area is 191 Å². The van der Waals surface area contributed by atoms with Crippen molar-refractivity contribution in [1.29, 1.82) is 0 Å². The molecule has 0 aliphatic heterocycles. The topological polar surface area (TPSA) is 120 Å². The Bertz CT molecular complexity index is 1300. The lowest BCUT2D eigenvalue weighted by Crippen LogP contribution is -2.22. The standard InChI is InChI=1S/C24H26N6O3/c1-4-25-23(31)16-5-7-18(8-6-16)30-15(2)22(28-29-30)24(32)26-12-11-17-14-27-21-10-9-19(33-3)13-20(17)21/h5-10,13-14,27H,4,11-12H2,1-3H3,(H,25,31)(H,26,32)/p-1. The van der Waals surface area contributed by atoms with Gasteiger partial charge in [-0.05, 0) is 68.3 Å². The maximum atomic E-state index is 12.7. The molecule has 0 aliphatic carbocycles. The average molecular weight is 446 g/mol. The summed E-state index contributed by atoms with van der Waals surface area (Å²) in [5, 5.41) is 24.6. The van der Waals surface area contributed by atoms with Crippen LogP contribution in [0.1, 0.15) is 34.2 Å². The van der Waals surface area contributed by atoms with Gasteiger partial charge < -0.3 is 20.1 Å². The average Bonchev–Trinajstić information content (AvgIpc) is 3.42. The molecule has 0 aliphatic rings. The largest absolute Gasteiger partial charge is 0.857 e. The lowest BCUT2D eigenvalue weighted by Gasteiger charge is -2.10. The van der Waals surface area contributed by atoms with Crippen LogP contribution in [0.25, 0.3) is 16.6 Å². The van der Waals surface area contributed by atoms with Crippen LogP contribution in [0.15, 0.2) is 53.7 Å². The number of benzene rings is 2. The van der Waals surface area contributed by atoms with Crippen LogP contribution in [0.5, 0.6) is 5.75 Å². The fourth-order valence-electron chi connectivity index (χ4n) is 3.63. The Balaban J connectivity index is 1.47. The van der Waals surface area contributed by atoms with Crippen molar-refractivity contribution in [3.63, 3.8) is 0 Å². The van der Waals surface area contributed by atoms with E-state index >= 15 is 0 Å². The first kappa shape index (κ1) is 22.1. The van der Waals surface area contributed by atoms with Crippen molar-refractivity contribution < 1.29 is 14.6 Å². The molecular formula is C24H25N6O3-. The van der Waals surface area contributed by atoms with Crippen molar-refractivity contribution >= 4 is 22.7 Å². The molecule has 0 unspecified atom stereocenters. The second kappa shape index (κ2) is 9.56. The number of nitrogens with one attached hydrogen (secondary N) is 2. The summed E-state index contributed by atoms with van der Waals surface area (Å²) in [5.74, 6) is 0.236. The van der Waals surface area contributed by atoms with Gasteiger partial charge in [-0.1, -0.05) is 5.21 Å². The van der Waals surface area contributed by atoms with Gasteiger partial charge in [0.1, 0.15) is 11.4 Å². The summed E-state index contributed by atoms with van der Waals surface area (Å²) in [6.07, 6.45) is 2.53. The summed E-state index contributed by atoms with van der Waals surface area (Å²) in [6, 6.07) is 12.8. The molecule has 0 atom stereocenters. The van der Waals surface area contributed by atoms with Gasteiger partial charge in [0.15, 0.2) is 0 Å². The normalized spacial score (nSPS) is 11.7. The van der Waals surface area contributed by atoms with E-state index in [-0.39, 0.29) is 11.6 Å². The molecule has 1 amide bonds. The number of rotatable bonds is 8. The van der Waals surface area contributed by atoms with E-state index in [2.05, 4.69) is 25.6 Å². The summed E-state index contributed by atoms with van der Waals surface area (Å²) in [5.41, 5.74) is 4.14. The highest BCUT2D eigenvalue weighted by Gasteiger charge is 2.12. The first-order chi connectivity index (χ1) is 16.0. The Morgan fingerprint density at radius 1 is 1.24 bits per heavy atom. The third kappa shape index (κ3) is 4.57. The monoisotopic (exact) mass is 445 g/mol. The fraction of sp³-hybridized carbons (Fsp3) is 0.250. The molecule has 4 rings (SSSR count). The van der Waals surface area contributed by atoms with Gasteiger partial charge in [0, 0.05) is 41.7 Å². The van der Waals surface area contributed by atoms with Crippen LogP contribution in [-0.2, 0) is 6.42 Å². The number of hydrogen-bond donors (Lipinski definition) is 2. The molecule has 9 heteroatoms. The van der Waals surface area contributed by atoms with E-state index < -0.39 is 5.90 Å². The van der Waals surface area contributed by atoms with Gasteiger partial charge in [-0.25, -0.2) is 4.68 Å². The highest BCUT2D eigenvalue weighted by atomic mass is 16.5. The van der Waals surface area contributed by atoms with Gasteiger partial charge in [0.2, 0.25) is 0 Å². The Morgan fingerprint density at radius 2 is 2.03 bits per heavy atom. The molecule has 0 radical (unpaired) electrons. The highest BCUT2D eigenvalue weighted by molar-refractivity contribution is 5.94. The van der Waals surface area contributed by atoms with Crippen molar-refractivity contribution in [1.82, 2.24) is 25.3 Å². The van der Waals surface area contributed by atoms with Gasteiger partial charge in [0.25, 0.3) is 5.91 Å². The van der Waals surface area contributed by atoms with E-state index in [1.54, 1.807) is 43.0 Å². The second-order valence-corrected chi connectivity index (χ2v) is 7.50. The number of methoxy groups -OCH3 is 1. The second-order valence-electron chi connectivity index (χ2n) is 7.50. The van der Waals surface area contributed by atoms with Crippen LogP contribution in [-0.4, -0.2) is 52.0 Å². The van der Waals surface area contributed by atoms with Gasteiger partial charge in [-0.15, -0.1) is 5.10 Å². The van der Waals surface area contributed by atoms with Crippen LogP contribution in [0.3, 0.4) is 0 Å². The quantitative estimate of drug-likeness (QED) is 0.318. The highest BCUT2D eigenvalue weighted by Crippen LogP contribution is 2.24. The molecule has 0 spiro atoms. The molecule has 4 aromatic rings. The zero-order valence-corrected chi connectivity index (χ0v) is 18.8. The summed E-state index contributed by atoms with van der Waals surface area (Å²) >= 11 is 0. The first-order valence-corrected chi connectivity index (χ1v) is 10.7. The number of fused-ring (bicyclic) bond motifs is 1. The summed E-state index contributed by atoms with van der Waals surface area (Å²) in [7, 11) is 1.63. The molecule has 2 aromatic carbocycles. The van der Waals surface area contributed by atoms with E-state index in [9.17, 15) is 9.90 Å².